The zero-order valence-electron chi connectivity index (χ0n) is 9.91. The van der Waals surface area contributed by atoms with Crippen LogP contribution in [0, 0.1) is 0 Å². The van der Waals surface area contributed by atoms with Gasteiger partial charge in [0.05, 0.1) is 4.87 Å². The number of rotatable bonds is 4. The predicted octanol–water partition coefficient (Wildman–Crippen LogP) is 2.45. The molecule has 1 aromatic rings. The van der Waals surface area contributed by atoms with E-state index in [0.717, 1.165) is 0 Å². The predicted molar refractivity (Wildman–Crippen MR) is 70.1 cm³/mol. The van der Waals surface area contributed by atoms with Crippen LogP contribution in [-0.2, 0) is 4.79 Å². The number of carboxylic acids is 1. The molecule has 1 atom stereocenters. The normalized spacial score (nSPS) is 14.7. The molecule has 98 valence electrons. The molecule has 18 heavy (non-hydrogen) atoms. The fourth-order valence-corrected chi connectivity index (χ4v) is 1.49. The van der Waals surface area contributed by atoms with Crippen LogP contribution in [0.25, 0.3) is 0 Å². The van der Waals surface area contributed by atoms with Gasteiger partial charge in [0.15, 0.2) is 0 Å². The highest BCUT2D eigenvalue weighted by atomic mass is 35.5. The Kier molecular flexibility index (Phi) is 4.24. The first kappa shape index (κ1) is 14.8. The Morgan fingerprint density at radius 3 is 2.06 bits per heavy atom. The van der Waals surface area contributed by atoms with Gasteiger partial charge in [-0.2, -0.15) is 0 Å². The first-order chi connectivity index (χ1) is 8.18. The third kappa shape index (κ3) is 2.94. The van der Waals surface area contributed by atoms with Crippen molar-refractivity contribution in [1.29, 1.82) is 0 Å². The molecule has 0 bridgehead atoms. The molecule has 0 aromatic heterocycles. The van der Waals surface area contributed by atoms with E-state index >= 15 is 0 Å². The summed E-state index contributed by atoms with van der Waals surface area (Å²) in [6.07, 6.45) is 0. The third-order valence-electron chi connectivity index (χ3n) is 2.44. The minimum atomic E-state index is -2.08. The maximum atomic E-state index is 11.9. The summed E-state index contributed by atoms with van der Waals surface area (Å²) in [7, 11) is 0. The van der Waals surface area contributed by atoms with Gasteiger partial charge in [0.2, 0.25) is 5.00 Å². The van der Waals surface area contributed by atoms with E-state index in [1.165, 1.54) is 13.8 Å². The molecule has 1 unspecified atom stereocenters. The molecule has 0 spiro atoms. The van der Waals surface area contributed by atoms with Gasteiger partial charge in [-0.15, -0.1) is 11.6 Å². The number of carboxylic acid groups (broad SMARTS) is 1. The fourth-order valence-electron chi connectivity index (χ4n) is 1.27. The molecule has 4 nitrogen and oxygen atoms in total. The lowest BCUT2D eigenvalue weighted by Gasteiger charge is -2.34. The average molecular weight is 290 g/mol. The van der Waals surface area contributed by atoms with Gasteiger partial charge in [0.25, 0.3) is 5.91 Å². The zero-order chi connectivity index (χ0) is 14.0. The van der Waals surface area contributed by atoms with E-state index in [4.69, 9.17) is 28.3 Å². The smallest absolute Gasteiger partial charge is 0.347 e. The topological polar surface area (TPSA) is 66.4 Å². The van der Waals surface area contributed by atoms with Crippen LogP contribution in [0.1, 0.15) is 24.2 Å². The SMILES string of the molecule is CC(C)(Cl)C(Cl)(NC(=O)c1ccccc1)C(=O)O. The fraction of sp³-hybridized carbons (Fsp3) is 0.333. The van der Waals surface area contributed by atoms with E-state index in [-0.39, 0.29) is 0 Å². The van der Waals surface area contributed by atoms with E-state index in [1.807, 2.05) is 0 Å². The second-order valence-electron chi connectivity index (χ2n) is 4.26. The average Bonchev–Trinajstić information content (AvgIpc) is 2.28. The largest absolute Gasteiger partial charge is 0.479 e. The Balaban J connectivity index is 3.01. The van der Waals surface area contributed by atoms with Crippen molar-refractivity contribution in [3.63, 3.8) is 0 Å². The van der Waals surface area contributed by atoms with Crippen LogP contribution in [0.5, 0.6) is 0 Å². The van der Waals surface area contributed by atoms with E-state index in [0.29, 0.717) is 5.56 Å². The second-order valence-corrected chi connectivity index (χ2v) is 5.77. The van der Waals surface area contributed by atoms with Gasteiger partial charge in [-0.05, 0) is 26.0 Å². The molecule has 1 amide bonds. The standard InChI is InChI=1S/C12H13Cl2NO3/c1-11(2,13)12(14,10(17)18)15-9(16)8-6-4-3-5-7-8/h3-7H,1-2H3,(H,15,16)(H,17,18). The van der Waals surface area contributed by atoms with Gasteiger partial charge < -0.3 is 10.4 Å². The van der Waals surface area contributed by atoms with E-state index in [2.05, 4.69) is 5.32 Å². The summed E-state index contributed by atoms with van der Waals surface area (Å²) in [5.41, 5.74) is 0.310. The van der Waals surface area contributed by atoms with Gasteiger partial charge in [0.1, 0.15) is 0 Å². The minimum Gasteiger partial charge on any atom is -0.479 e. The molecule has 0 aliphatic carbocycles. The van der Waals surface area contributed by atoms with Crippen LogP contribution in [0.3, 0.4) is 0 Å². The molecule has 1 rings (SSSR count). The van der Waals surface area contributed by atoms with Crippen LogP contribution in [-0.4, -0.2) is 26.9 Å². The van der Waals surface area contributed by atoms with Gasteiger partial charge >= 0.3 is 5.97 Å². The molecule has 0 radical (unpaired) electrons. The Morgan fingerprint density at radius 1 is 1.17 bits per heavy atom. The molecule has 6 heteroatoms. The van der Waals surface area contributed by atoms with Crippen LogP contribution < -0.4 is 5.32 Å². The number of carbonyl (C=O) groups excluding carboxylic acids is 1. The number of carbonyl (C=O) groups is 2. The van der Waals surface area contributed by atoms with Crippen molar-refractivity contribution in [2.24, 2.45) is 0 Å². The van der Waals surface area contributed by atoms with Crippen LogP contribution in [0.2, 0.25) is 0 Å². The summed E-state index contributed by atoms with van der Waals surface area (Å²) in [6, 6.07) is 8.17. The maximum Gasteiger partial charge on any atom is 0.347 e. The molecule has 1 aromatic carbocycles. The lowest BCUT2D eigenvalue weighted by atomic mass is 10.0. The van der Waals surface area contributed by atoms with Crippen LogP contribution >= 0.6 is 23.2 Å². The van der Waals surface area contributed by atoms with Crippen molar-refractivity contribution in [3.8, 4) is 0 Å². The number of nitrogens with one attached hydrogen (secondary N) is 1. The summed E-state index contributed by atoms with van der Waals surface area (Å²) in [4.78, 5) is 19.7. The van der Waals surface area contributed by atoms with Crippen molar-refractivity contribution in [1.82, 2.24) is 5.32 Å². The molecule has 0 aliphatic heterocycles. The number of benzene rings is 1. The van der Waals surface area contributed by atoms with E-state index in [9.17, 15) is 9.59 Å². The van der Waals surface area contributed by atoms with Crippen molar-refractivity contribution in [2.45, 2.75) is 23.7 Å². The van der Waals surface area contributed by atoms with Gasteiger partial charge in [0, 0.05) is 5.56 Å². The Labute approximate surface area is 115 Å². The summed E-state index contributed by atoms with van der Waals surface area (Å²) in [5, 5.41) is 11.4. The lowest BCUT2D eigenvalue weighted by Crippen LogP contribution is -2.60. The summed E-state index contributed by atoms with van der Waals surface area (Å²) < 4.78 is 0. The number of aliphatic carboxylic acids is 1. The molecule has 0 saturated heterocycles. The maximum absolute atomic E-state index is 11.9. The van der Waals surface area contributed by atoms with Crippen molar-refractivity contribution >= 4 is 35.1 Å². The summed E-state index contributed by atoms with van der Waals surface area (Å²) in [6.45, 7) is 2.84. The Bertz CT molecular complexity index is 456. The van der Waals surface area contributed by atoms with Gasteiger partial charge in [-0.25, -0.2) is 4.79 Å². The van der Waals surface area contributed by atoms with Crippen LogP contribution in [0.4, 0.5) is 0 Å². The van der Waals surface area contributed by atoms with Crippen LogP contribution in [0.15, 0.2) is 30.3 Å². The molecule has 0 heterocycles. The summed E-state index contributed by atoms with van der Waals surface area (Å²) in [5.74, 6) is -2.00. The number of alkyl halides is 2. The number of amides is 1. The highest BCUT2D eigenvalue weighted by Gasteiger charge is 2.50. The zero-order valence-corrected chi connectivity index (χ0v) is 11.4. The quantitative estimate of drug-likeness (QED) is 0.661. The van der Waals surface area contributed by atoms with E-state index in [1.54, 1.807) is 30.3 Å². The Morgan fingerprint density at radius 2 is 1.67 bits per heavy atom. The molecular formula is C12H13Cl2NO3. The molecule has 0 fully saturated rings. The summed E-state index contributed by atoms with van der Waals surface area (Å²) >= 11 is 11.9. The minimum absolute atomic E-state index is 0.310. The van der Waals surface area contributed by atoms with Gasteiger partial charge in [-0.3, -0.25) is 4.79 Å². The first-order valence-electron chi connectivity index (χ1n) is 5.17. The van der Waals surface area contributed by atoms with Gasteiger partial charge in [-0.1, -0.05) is 29.8 Å². The number of halogens is 2. The molecule has 2 N–H and O–H groups in total. The highest BCUT2D eigenvalue weighted by molar-refractivity contribution is 6.42. The molecule has 0 saturated carbocycles. The Hall–Kier alpha value is -1.26. The van der Waals surface area contributed by atoms with E-state index < -0.39 is 21.7 Å². The lowest BCUT2D eigenvalue weighted by molar-refractivity contribution is -0.141. The first-order valence-corrected chi connectivity index (χ1v) is 5.93. The highest BCUT2D eigenvalue weighted by Crippen LogP contribution is 2.33. The molecule has 0 aliphatic rings. The van der Waals surface area contributed by atoms with Crippen molar-refractivity contribution in [2.75, 3.05) is 0 Å². The second kappa shape index (κ2) is 5.16. The number of hydrogen-bond acceptors (Lipinski definition) is 2. The molecular weight excluding hydrogens is 277 g/mol. The monoisotopic (exact) mass is 289 g/mol. The van der Waals surface area contributed by atoms with Crippen molar-refractivity contribution in [3.05, 3.63) is 35.9 Å². The van der Waals surface area contributed by atoms with Crippen molar-refractivity contribution < 1.29 is 14.7 Å². The third-order valence-corrected chi connectivity index (χ3v) is 3.54. The number of hydrogen-bond donors (Lipinski definition) is 2.